The number of nitrogens with zero attached hydrogens (tertiary/aromatic N) is 1. The van der Waals surface area contributed by atoms with Crippen molar-refractivity contribution >= 4 is 5.91 Å². The maximum Gasteiger partial charge on any atom is 0.222 e. The van der Waals surface area contributed by atoms with Crippen molar-refractivity contribution in [2.24, 2.45) is 11.8 Å². The number of rotatable bonds is 8. The second-order valence-electron chi connectivity index (χ2n) is 8.08. The summed E-state index contributed by atoms with van der Waals surface area (Å²) in [4.78, 5) is 14.5. The van der Waals surface area contributed by atoms with Crippen molar-refractivity contribution in [1.29, 1.82) is 0 Å². The van der Waals surface area contributed by atoms with Gasteiger partial charge in [0.2, 0.25) is 5.91 Å². The monoisotopic (exact) mass is 376 g/mol. The average Bonchev–Trinajstić information content (AvgIpc) is 3.30. The summed E-state index contributed by atoms with van der Waals surface area (Å²) in [5.74, 6) is 0.705. The highest BCUT2D eigenvalue weighted by Crippen LogP contribution is 2.54. The molecule has 3 heterocycles. The highest BCUT2D eigenvalue weighted by Gasteiger charge is 2.62. The third-order valence-corrected chi connectivity index (χ3v) is 6.39. The Morgan fingerprint density at radius 2 is 2.22 bits per heavy atom. The second kappa shape index (κ2) is 7.86. The Morgan fingerprint density at radius 3 is 3.00 bits per heavy atom. The summed E-state index contributed by atoms with van der Waals surface area (Å²) >= 11 is 0. The molecule has 5 nitrogen and oxygen atoms in total. The summed E-state index contributed by atoms with van der Waals surface area (Å²) in [6.45, 7) is 6.47. The predicted molar refractivity (Wildman–Crippen MR) is 99.6 cm³/mol. The standard InChI is InChI=1S/C21H29FN2O3/c1-2-26-10-8-20(25)23-11-17-18-13-24(12-15-3-5-16(22)6-4-15)14-21(18)9-7-19(17)27-21/h3-6,17-19H,2,7-14H2,1H3,(H,23,25)/t17-,18+,19+,21+/m0/s1. The summed E-state index contributed by atoms with van der Waals surface area (Å²) in [5, 5.41) is 3.09. The Hall–Kier alpha value is -1.50. The van der Waals surface area contributed by atoms with E-state index in [2.05, 4.69) is 10.2 Å². The lowest BCUT2D eigenvalue weighted by atomic mass is 9.73. The van der Waals surface area contributed by atoms with E-state index >= 15 is 0 Å². The molecular weight excluding hydrogens is 347 g/mol. The number of hydrogen-bond donors (Lipinski definition) is 1. The minimum atomic E-state index is -0.197. The molecule has 4 rings (SSSR count). The molecule has 3 aliphatic heterocycles. The van der Waals surface area contributed by atoms with Crippen molar-refractivity contribution in [1.82, 2.24) is 10.2 Å². The number of hydrogen-bond acceptors (Lipinski definition) is 4. The van der Waals surface area contributed by atoms with Gasteiger partial charge in [-0.2, -0.15) is 0 Å². The zero-order chi connectivity index (χ0) is 18.9. The maximum atomic E-state index is 13.1. The normalized spacial score (nSPS) is 32.0. The van der Waals surface area contributed by atoms with E-state index in [0.717, 1.165) is 38.0 Å². The topological polar surface area (TPSA) is 50.8 Å². The highest BCUT2D eigenvalue weighted by molar-refractivity contribution is 5.75. The largest absolute Gasteiger partial charge is 0.381 e. The van der Waals surface area contributed by atoms with Crippen molar-refractivity contribution in [3.05, 3.63) is 35.6 Å². The fourth-order valence-electron chi connectivity index (χ4n) is 5.16. The van der Waals surface area contributed by atoms with Gasteiger partial charge in [-0.3, -0.25) is 9.69 Å². The number of fused-ring (bicyclic) bond motifs is 1. The molecule has 1 spiro atoms. The molecule has 6 heteroatoms. The molecule has 3 saturated heterocycles. The van der Waals surface area contributed by atoms with E-state index in [1.807, 2.05) is 19.1 Å². The van der Waals surface area contributed by atoms with Crippen LogP contribution < -0.4 is 5.32 Å². The minimum Gasteiger partial charge on any atom is -0.381 e. The first-order valence-electron chi connectivity index (χ1n) is 10.1. The molecule has 27 heavy (non-hydrogen) atoms. The number of amides is 1. The fraction of sp³-hybridized carbons (Fsp3) is 0.667. The molecule has 3 fully saturated rings. The quantitative estimate of drug-likeness (QED) is 0.708. The molecule has 0 aromatic heterocycles. The van der Waals surface area contributed by atoms with Crippen molar-refractivity contribution in [3.63, 3.8) is 0 Å². The van der Waals surface area contributed by atoms with E-state index in [1.54, 1.807) is 0 Å². The smallest absolute Gasteiger partial charge is 0.222 e. The number of ether oxygens (including phenoxy) is 2. The molecule has 3 aliphatic rings. The van der Waals surface area contributed by atoms with E-state index in [1.165, 1.54) is 12.1 Å². The number of halogens is 1. The van der Waals surface area contributed by atoms with Crippen molar-refractivity contribution in [2.45, 2.75) is 44.4 Å². The molecule has 1 aromatic carbocycles. The van der Waals surface area contributed by atoms with Crippen LogP contribution in [0.5, 0.6) is 0 Å². The predicted octanol–water partition coefficient (Wildman–Crippen LogP) is 2.35. The van der Waals surface area contributed by atoms with Crippen molar-refractivity contribution in [2.75, 3.05) is 32.8 Å². The Morgan fingerprint density at radius 1 is 1.41 bits per heavy atom. The van der Waals surface area contributed by atoms with E-state index in [0.29, 0.717) is 38.0 Å². The SMILES string of the molecule is CCOCCC(=O)NC[C@H]1[C@H]2CN(Cc3ccc(F)cc3)C[C@]23CC[C@H]1O3. The second-order valence-corrected chi connectivity index (χ2v) is 8.08. The van der Waals surface area contributed by atoms with E-state index in [-0.39, 0.29) is 23.4 Å². The molecule has 1 N–H and O–H groups in total. The third-order valence-electron chi connectivity index (χ3n) is 6.39. The Bertz CT molecular complexity index is 668. The van der Waals surface area contributed by atoms with Gasteiger partial charge in [0.15, 0.2) is 0 Å². The van der Waals surface area contributed by atoms with Crippen LogP contribution in [0, 0.1) is 17.7 Å². The van der Waals surface area contributed by atoms with Crippen LogP contribution in [0.1, 0.15) is 31.7 Å². The van der Waals surface area contributed by atoms with Crippen molar-refractivity contribution in [3.8, 4) is 0 Å². The molecule has 0 unspecified atom stereocenters. The molecule has 1 aromatic rings. The van der Waals surface area contributed by atoms with Gasteiger partial charge in [-0.15, -0.1) is 0 Å². The molecule has 1 amide bonds. The summed E-state index contributed by atoms with van der Waals surface area (Å²) in [7, 11) is 0. The van der Waals surface area contributed by atoms with Gasteiger partial charge >= 0.3 is 0 Å². The van der Waals surface area contributed by atoms with Crippen LogP contribution in [0.25, 0.3) is 0 Å². The van der Waals surface area contributed by atoms with E-state index in [4.69, 9.17) is 9.47 Å². The van der Waals surface area contributed by atoms with Gasteiger partial charge < -0.3 is 14.8 Å². The van der Waals surface area contributed by atoms with Gasteiger partial charge in [-0.1, -0.05) is 12.1 Å². The number of benzene rings is 1. The first kappa shape index (κ1) is 18.8. The molecular formula is C21H29FN2O3. The maximum absolute atomic E-state index is 13.1. The fourth-order valence-corrected chi connectivity index (χ4v) is 5.16. The first-order chi connectivity index (χ1) is 13.1. The summed E-state index contributed by atoms with van der Waals surface area (Å²) in [6, 6.07) is 6.76. The van der Waals surface area contributed by atoms with Crippen molar-refractivity contribution < 1.29 is 18.7 Å². The van der Waals surface area contributed by atoms with E-state index in [9.17, 15) is 9.18 Å². The lowest BCUT2D eigenvalue weighted by Gasteiger charge is -2.29. The van der Waals surface area contributed by atoms with Gasteiger partial charge in [0, 0.05) is 51.0 Å². The van der Waals surface area contributed by atoms with Crippen LogP contribution in [-0.4, -0.2) is 55.4 Å². The van der Waals surface area contributed by atoms with E-state index < -0.39 is 0 Å². The number of likely N-dealkylation sites (tertiary alicyclic amines) is 1. The average molecular weight is 376 g/mol. The lowest BCUT2D eigenvalue weighted by Crippen LogP contribution is -2.42. The van der Waals surface area contributed by atoms with Gasteiger partial charge in [0.25, 0.3) is 0 Å². The number of nitrogens with one attached hydrogen (secondary N) is 1. The molecule has 148 valence electrons. The zero-order valence-corrected chi connectivity index (χ0v) is 16.0. The highest BCUT2D eigenvalue weighted by atomic mass is 19.1. The zero-order valence-electron chi connectivity index (χ0n) is 16.0. The molecule has 0 aliphatic carbocycles. The van der Waals surface area contributed by atoms with Gasteiger partial charge in [0.1, 0.15) is 5.82 Å². The molecule has 4 atom stereocenters. The summed E-state index contributed by atoms with van der Waals surface area (Å²) in [5.41, 5.74) is 1.08. The first-order valence-corrected chi connectivity index (χ1v) is 10.1. The Balaban J connectivity index is 1.33. The number of carbonyl (C=O) groups is 1. The third kappa shape index (κ3) is 3.89. The van der Waals surface area contributed by atoms with Crippen LogP contribution in [-0.2, 0) is 20.8 Å². The Labute approximate surface area is 160 Å². The van der Waals surface area contributed by atoms with Crippen LogP contribution in [0.15, 0.2) is 24.3 Å². The van der Waals surface area contributed by atoms with Gasteiger partial charge in [0.05, 0.1) is 18.3 Å². The minimum absolute atomic E-state index is 0.0502. The molecule has 0 saturated carbocycles. The van der Waals surface area contributed by atoms with Crippen LogP contribution in [0.4, 0.5) is 4.39 Å². The van der Waals surface area contributed by atoms with Crippen LogP contribution >= 0.6 is 0 Å². The number of carbonyl (C=O) groups excluding carboxylic acids is 1. The van der Waals surface area contributed by atoms with Crippen LogP contribution in [0.2, 0.25) is 0 Å². The lowest BCUT2D eigenvalue weighted by molar-refractivity contribution is -0.122. The van der Waals surface area contributed by atoms with Crippen LogP contribution in [0.3, 0.4) is 0 Å². The van der Waals surface area contributed by atoms with Gasteiger partial charge in [-0.25, -0.2) is 4.39 Å². The molecule has 0 radical (unpaired) electrons. The van der Waals surface area contributed by atoms with Gasteiger partial charge in [-0.05, 0) is 37.5 Å². The summed E-state index contributed by atoms with van der Waals surface area (Å²) in [6.07, 6.45) is 2.88. The molecule has 2 bridgehead atoms. The Kier molecular flexibility index (Phi) is 5.48. The summed E-state index contributed by atoms with van der Waals surface area (Å²) < 4.78 is 24.8.